The average Bonchev–Trinajstić information content (AvgIpc) is 2.66. The number of hydrogen-bond donors (Lipinski definition) is 1. The van der Waals surface area contributed by atoms with Gasteiger partial charge in [0, 0.05) is 12.8 Å². The lowest BCUT2D eigenvalue weighted by Gasteiger charge is -2.09. The molecule has 1 unspecified atom stereocenters. The summed E-state index contributed by atoms with van der Waals surface area (Å²) < 4.78 is 0. The molecule has 0 aliphatic rings. The maximum Gasteiger partial charge on any atom is 0.137 e. The predicted octanol–water partition coefficient (Wildman–Crippen LogP) is 2.23. The number of hydrogen-bond acceptors (Lipinski definition) is 3. The molecule has 0 aromatic carbocycles. The van der Waals surface area contributed by atoms with Crippen molar-refractivity contribution in [3.8, 4) is 0 Å². The van der Waals surface area contributed by atoms with Gasteiger partial charge in [-0.05, 0) is 34.9 Å². The van der Waals surface area contributed by atoms with Gasteiger partial charge in [-0.15, -0.1) is 0 Å². The van der Waals surface area contributed by atoms with E-state index in [4.69, 9.17) is 5.73 Å². The van der Waals surface area contributed by atoms with Gasteiger partial charge < -0.3 is 5.73 Å². The standard InChI is InChI=1S/C11H17NOS/c1-2-9(7-12)5-11(13)6-10-3-4-14-8-10/h3-4,8-9H,2,5-7,12H2,1H3. The minimum atomic E-state index is 0.306. The van der Waals surface area contributed by atoms with E-state index < -0.39 is 0 Å². The summed E-state index contributed by atoms with van der Waals surface area (Å²) in [6, 6.07) is 2.01. The molecule has 0 saturated heterocycles. The van der Waals surface area contributed by atoms with Crippen LogP contribution >= 0.6 is 11.3 Å². The van der Waals surface area contributed by atoms with Gasteiger partial charge >= 0.3 is 0 Å². The van der Waals surface area contributed by atoms with E-state index in [2.05, 4.69) is 6.92 Å². The van der Waals surface area contributed by atoms with Crippen molar-refractivity contribution in [1.29, 1.82) is 0 Å². The van der Waals surface area contributed by atoms with Gasteiger partial charge in [-0.2, -0.15) is 11.3 Å². The molecule has 1 heterocycles. The second-order valence-corrected chi connectivity index (χ2v) is 4.34. The van der Waals surface area contributed by atoms with Crippen LogP contribution in [0.3, 0.4) is 0 Å². The van der Waals surface area contributed by atoms with Crippen molar-refractivity contribution >= 4 is 17.1 Å². The van der Waals surface area contributed by atoms with Crippen LogP contribution in [0.4, 0.5) is 0 Å². The van der Waals surface area contributed by atoms with Crippen molar-refractivity contribution in [3.05, 3.63) is 22.4 Å². The average molecular weight is 211 g/mol. The van der Waals surface area contributed by atoms with Crippen LogP contribution in [0.1, 0.15) is 25.3 Å². The molecule has 0 bridgehead atoms. The Morgan fingerprint density at radius 1 is 1.64 bits per heavy atom. The first-order chi connectivity index (χ1) is 6.76. The third-order valence-corrected chi connectivity index (χ3v) is 3.14. The van der Waals surface area contributed by atoms with Crippen molar-refractivity contribution in [2.45, 2.75) is 26.2 Å². The van der Waals surface area contributed by atoms with E-state index in [9.17, 15) is 4.79 Å². The SMILES string of the molecule is CCC(CN)CC(=O)Cc1ccsc1. The van der Waals surface area contributed by atoms with E-state index in [1.54, 1.807) is 11.3 Å². The van der Waals surface area contributed by atoms with Crippen LogP contribution in [0, 0.1) is 5.92 Å². The Morgan fingerprint density at radius 3 is 2.93 bits per heavy atom. The van der Waals surface area contributed by atoms with Crippen molar-refractivity contribution in [1.82, 2.24) is 0 Å². The molecule has 0 aliphatic heterocycles. The molecule has 0 fully saturated rings. The fourth-order valence-electron chi connectivity index (χ4n) is 1.41. The summed E-state index contributed by atoms with van der Waals surface area (Å²) in [5, 5.41) is 4.03. The quantitative estimate of drug-likeness (QED) is 0.784. The molecule has 1 aromatic rings. The molecule has 0 aliphatic carbocycles. The van der Waals surface area contributed by atoms with Gasteiger partial charge in [0.05, 0.1) is 0 Å². The maximum absolute atomic E-state index is 11.6. The Bertz CT molecular complexity index is 265. The van der Waals surface area contributed by atoms with E-state index >= 15 is 0 Å². The van der Waals surface area contributed by atoms with Crippen molar-refractivity contribution in [2.75, 3.05) is 6.54 Å². The molecular formula is C11H17NOS. The fourth-order valence-corrected chi connectivity index (χ4v) is 2.08. The zero-order chi connectivity index (χ0) is 10.4. The summed E-state index contributed by atoms with van der Waals surface area (Å²) >= 11 is 1.64. The molecule has 78 valence electrons. The largest absolute Gasteiger partial charge is 0.330 e. The van der Waals surface area contributed by atoms with E-state index in [0.29, 0.717) is 31.1 Å². The number of nitrogens with two attached hydrogens (primary N) is 1. The molecule has 1 atom stereocenters. The number of carbonyl (C=O) groups is 1. The highest BCUT2D eigenvalue weighted by atomic mass is 32.1. The van der Waals surface area contributed by atoms with Crippen molar-refractivity contribution in [3.63, 3.8) is 0 Å². The van der Waals surface area contributed by atoms with Crippen LogP contribution < -0.4 is 5.73 Å². The third kappa shape index (κ3) is 3.60. The number of rotatable bonds is 6. The maximum atomic E-state index is 11.6. The summed E-state index contributed by atoms with van der Waals surface area (Å²) in [6.45, 7) is 2.70. The Morgan fingerprint density at radius 2 is 2.43 bits per heavy atom. The van der Waals surface area contributed by atoms with Gasteiger partial charge in [0.25, 0.3) is 0 Å². The Labute approximate surface area is 89.1 Å². The highest BCUT2D eigenvalue weighted by molar-refractivity contribution is 7.07. The van der Waals surface area contributed by atoms with Crippen LogP contribution in [0.5, 0.6) is 0 Å². The van der Waals surface area contributed by atoms with Gasteiger partial charge in [0.2, 0.25) is 0 Å². The van der Waals surface area contributed by atoms with Crippen molar-refractivity contribution < 1.29 is 4.79 Å². The summed E-state index contributed by atoms with van der Waals surface area (Å²) in [4.78, 5) is 11.6. The number of Topliss-reactive ketones (excluding diaryl/α,β-unsaturated/α-hetero) is 1. The van der Waals surface area contributed by atoms with Crippen LogP contribution in [-0.4, -0.2) is 12.3 Å². The summed E-state index contributed by atoms with van der Waals surface area (Å²) in [5.41, 5.74) is 6.69. The molecule has 1 aromatic heterocycles. The van der Waals surface area contributed by atoms with Gasteiger partial charge in [0.15, 0.2) is 0 Å². The second-order valence-electron chi connectivity index (χ2n) is 3.56. The summed E-state index contributed by atoms with van der Waals surface area (Å²) in [7, 11) is 0. The Balaban J connectivity index is 2.35. The van der Waals surface area contributed by atoms with Gasteiger partial charge in [-0.1, -0.05) is 13.3 Å². The summed E-state index contributed by atoms with van der Waals surface area (Å²) in [5.74, 6) is 0.668. The highest BCUT2D eigenvalue weighted by Crippen LogP contribution is 2.12. The minimum absolute atomic E-state index is 0.306. The summed E-state index contributed by atoms with van der Waals surface area (Å²) in [6.07, 6.45) is 2.19. The Kier molecular flexibility index (Phi) is 4.84. The first-order valence-electron chi connectivity index (χ1n) is 4.99. The number of carbonyl (C=O) groups excluding carboxylic acids is 1. The van der Waals surface area contributed by atoms with E-state index in [1.165, 1.54) is 0 Å². The molecule has 2 N–H and O–H groups in total. The van der Waals surface area contributed by atoms with Crippen molar-refractivity contribution in [2.24, 2.45) is 11.7 Å². The molecular weight excluding hydrogens is 194 g/mol. The second kappa shape index (κ2) is 5.94. The first-order valence-corrected chi connectivity index (χ1v) is 5.93. The van der Waals surface area contributed by atoms with E-state index in [1.807, 2.05) is 16.8 Å². The molecule has 3 heteroatoms. The molecule has 1 rings (SSSR count). The lowest BCUT2D eigenvalue weighted by atomic mass is 9.97. The van der Waals surface area contributed by atoms with Crippen LogP contribution in [0.2, 0.25) is 0 Å². The molecule has 0 radical (unpaired) electrons. The Hall–Kier alpha value is -0.670. The monoisotopic (exact) mass is 211 g/mol. The van der Waals surface area contributed by atoms with Gasteiger partial charge in [-0.3, -0.25) is 4.79 Å². The van der Waals surface area contributed by atoms with E-state index in [-0.39, 0.29) is 0 Å². The first kappa shape index (κ1) is 11.4. The zero-order valence-electron chi connectivity index (χ0n) is 8.53. The lowest BCUT2D eigenvalue weighted by Crippen LogP contribution is -2.18. The highest BCUT2D eigenvalue weighted by Gasteiger charge is 2.10. The molecule has 14 heavy (non-hydrogen) atoms. The zero-order valence-corrected chi connectivity index (χ0v) is 9.35. The van der Waals surface area contributed by atoms with E-state index in [0.717, 1.165) is 12.0 Å². The van der Waals surface area contributed by atoms with Gasteiger partial charge in [0.1, 0.15) is 5.78 Å². The molecule has 0 spiro atoms. The lowest BCUT2D eigenvalue weighted by molar-refractivity contribution is -0.119. The predicted molar refractivity (Wildman–Crippen MR) is 60.5 cm³/mol. The van der Waals surface area contributed by atoms with Crippen LogP contribution in [0.15, 0.2) is 16.8 Å². The molecule has 2 nitrogen and oxygen atoms in total. The number of thiophene rings is 1. The number of ketones is 1. The van der Waals surface area contributed by atoms with Crippen LogP contribution in [0.25, 0.3) is 0 Å². The molecule has 0 saturated carbocycles. The smallest absolute Gasteiger partial charge is 0.137 e. The topological polar surface area (TPSA) is 43.1 Å². The molecule has 0 amide bonds. The normalized spacial score (nSPS) is 12.7. The minimum Gasteiger partial charge on any atom is -0.330 e. The van der Waals surface area contributed by atoms with Gasteiger partial charge in [-0.25, -0.2) is 0 Å². The third-order valence-electron chi connectivity index (χ3n) is 2.41. The fraction of sp³-hybridized carbons (Fsp3) is 0.545. The van der Waals surface area contributed by atoms with Crippen LogP contribution in [-0.2, 0) is 11.2 Å².